The fourth-order valence-corrected chi connectivity index (χ4v) is 6.17. The molecule has 0 saturated heterocycles. The van der Waals surface area contributed by atoms with Crippen molar-refractivity contribution in [1.82, 2.24) is 4.31 Å². The number of halogens is 2. The standard InChI is InChI=1S/C15H19ClFNO3S2/c1-4-5-18(8-9(2)19)23(20,21)15-10(3)11-6-13(17)12(16)7-14(11)22-15/h6-7,9,19H,4-5,8H2,1-3H3/t9-/m0/s1. The van der Waals surface area contributed by atoms with Gasteiger partial charge in [0.15, 0.2) is 0 Å². The number of hydrogen-bond donors (Lipinski definition) is 1. The lowest BCUT2D eigenvalue weighted by molar-refractivity contribution is 0.163. The Morgan fingerprint density at radius 3 is 2.65 bits per heavy atom. The fraction of sp³-hybridized carbons (Fsp3) is 0.467. The first kappa shape index (κ1) is 18.6. The summed E-state index contributed by atoms with van der Waals surface area (Å²) < 4.78 is 41.6. The highest BCUT2D eigenvalue weighted by Crippen LogP contribution is 2.38. The number of hydrogen-bond acceptors (Lipinski definition) is 4. The van der Waals surface area contributed by atoms with E-state index in [2.05, 4.69) is 0 Å². The van der Waals surface area contributed by atoms with Crippen LogP contribution in [0.1, 0.15) is 25.8 Å². The van der Waals surface area contributed by atoms with Crippen LogP contribution in [0.15, 0.2) is 16.3 Å². The number of aliphatic hydroxyl groups is 1. The molecule has 0 radical (unpaired) electrons. The molecular weight excluding hydrogens is 361 g/mol. The van der Waals surface area contributed by atoms with Crippen LogP contribution in [0, 0.1) is 12.7 Å². The molecule has 128 valence electrons. The molecule has 2 aromatic rings. The van der Waals surface area contributed by atoms with Crippen LogP contribution in [-0.2, 0) is 10.0 Å². The van der Waals surface area contributed by atoms with Crippen molar-refractivity contribution in [3.05, 3.63) is 28.5 Å². The largest absolute Gasteiger partial charge is 0.392 e. The van der Waals surface area contributed by atoms with E-state index in [0.29, 0.717) is 28.6 Å². The minimum atomic E-state index is -3.75. The van der Waals surface area contributed by atoms with Gasteiger partial charge in [-0.05, 0) is 43.4 Å². The quantitative estimate of drug-likeness (QED) is 0.830. The predicted molar refractivity (Wildman–Crippen MR) is 92.3 cm³/mol. The van der Waals surface area contributed by atoms with E-state index in [9.17, 15) is 17.9 Å². The molecule has 0 aliphatic carbocycles. The molecule has 23 heavy (non-hydrogen) atoms. The molecule has 1 heterocycles. The number of nitrogens with zero attached hydrogens (tertiary/aromatic N) is 1. The van der Waals surface area contributed by atoms with E-state index in [1.54, 1.807) is 13.8 Å². The van der Waals surface area contributed by atoms with Crippen LogP contribution in [-0.4, -0.2) is 37.0 Å². The third-order valence-corrected chi connectivity index (χ3v) is 7.46. The predicted octanol–water partition coefficient (Wildman–Crippen LogP) is 3.78. The number of sulfonamides is 1. The Morgan fingerprint density at radius 2 is 2.09 bits per heavy atom. The van der Waals surface area contributed by atoms with Crippen molar-refractivity contribution in [1.29, 1.82) is 0 Å². The molecule has 0 fully saturated rings. The van der Waals surface area contributed by atoms with Gasteiger partial charge in [-0.1, -0.05) is 18.5 Å². The lowest BCUT2D eigenvalue weighted by Gasteiger charge is -2.22. The summed E-state index contributed by atoms with van der Waals surface area (Å²) >= 11 is 6.86. The highest BCUT2D eigenvalue weighted by atomic mass is 35.5. The second-order valence-corrected chi connectivity index (χ2v) is 9.08. The number of benzene rings is 1. The zero-order chi connectivity index (χ0) is 17.4. The minimum absolute atomic E-state index is 0.0268. The van der Waals surface area contributed by atoms with Crippen LogP contribution in [0.3, 0.4) is 0 Å². The van der Waals surface area contributed by atoms with Gasteiger partial charge in [0.2, 0.25) is 0 Å². The van der Waals surface area contributed by atoms with Crippen molar-refractivity contribution < 1.29 is 17.9 Å². The van der Waals surface area contributed by atoms with E-state index in [-0.39, 0.29) is 15.8 Å². The van der Waals surface area contributed by atoms with Crippen LogP contribution in [0.5, 0.6) is 0 Å². The van der Waals surface area contributed by atoms with Crippen LogP contribution in [0.4, 0.5) is 4.39 Å². The summed E-state index contributed by atoms with van der Waals surface area (Å²) in [5.41, 5.74) is 0.507. The average Bonchev–Trinajstić information content (AvgIpc) is 2.76. The van der Waals surface area contributed by atoms with Crippen LogP contribution >= 0.6 is 22.9 Å². The molecule has 0 aliphatic heterocycles. The van der Waals surface area contributed by atoms with E-state index in [1.807, 2.05) is 6.92 Å². The summed E-state index contributed by atoms with van der Waals surface area (Å²) in [5.74, 6) is -0.571. The first-order chi connectivity index (χ1) is 10.7. The normalized spacial score (nSPS) is 13.9. The van der Waals surface area contributed by atoms with Crippen molar-refractivity contribution in [2.45, 2.75) is 37.5 Å². The Hall–Kier alpha value is -0.730. The first-order valence-corrected chi connectivity index (χ1v) is 9.88. The summed E-state index contributed by atoms with van der Waals surface area (Å²) in [7, 11) is -3.75. The Balaban J connectivity index is 2.58. The monoisotopic (exact) mass is 379 g/mol. The molecule has 1 aromatic heterocycles. The second-order valence-electron chi connectivity index (χ2n) is 5.49. The molecule has 8 heteroatoms. The van der Waals surface area contributed by atoms with Crippen LogP contribution in [0.25, 0.3) is 10.1 Å². The second kappa shape index (κ2) is 7.03. The molecule has 1 N–H and O–H groups in total. The number of aryl methyl sites for hydroxylation is 1. The molecule has 0 spiro atoms. The third kappa shape index (κ3) is 3.69. The van der Waals surface area contributed by atoms with Gasteiger partial charge < -0.3 is 5.11 Å². The Bertz CT molecular complexity index is 818. The Labute approximate surface area is 144 Å². The van der Waals surface area contributed by atoms with Gasteiger partial charge in [-0.2, -0.15) is 4.31 Å². The molecule has 1 aromatic carbocycles. The molecule has 0 aliphatic rings. The summed E-state index contributed by atoms with van der Waals surface area (Å²) in [6.07, 6.45) is -0.131. The van der Waals surface area contributed by atoms with E-state index >= 15 is 0 Å². The molecular formula is C15H19ClFNO3S2. The molecule has 2 rings (SSSR count). The highest BCUT2D eigenvalue weighted by Gasteiger charge is 2.29. The lowest BCUT2D eigenvalue weighted by Crippen LogP contribution is -2.37. The van der Waals surface area contributed by atoms with Crippen molar-refractivity contribution >= 4 is 43.0 Å². The van der Waals surface area contributed by atoms with Crippen molar-refractivity contribution in [2.24, 2.45) is 0 Å². The molecule has 1 atom stereocenters. The molecule has 0 bridgehead atoms. The van der Waals surface area contributed by atoms with Crippen molar-refractivity contribution in [3.63, 3.8) is 0 Å². The van der Waals surface area contributed by atoms with E-state index in [0.717, 1.165) is 11.3 Å². The molecule has 4 nitrogen and oxygen atoms in total. The summed E-state index contributed by atoms with van der Waals surface area (Å²) in [4.78, 5) is 0. The SMILES string of the molecule is CCCN(C[C@H](C)O)S(=O)(=O)c1sc2cc(Cl)c(F)cc2c1C. The van der Waals surface area contributed by atoms with E-state index in [1.165, 1.54) is 16.4 Å². The summed E-state index contributed by atoms with van der Waals surface area (Å²) in [6, 6.07) is 2.71. The van der Waals surface area contributed by atoms with Gasteiger partial charge in [0.05, 0.1) is 11.1 Å². The van der Waals surface area contributed by atoms with Crippen molar-refractivity contribution in [2.75, 3.05) is 13.1 Å². The number of fused-ring (bicyclic) bond motifs is 1. The van der Waals surface area contributed by atoms with E-state index < -0.39 is 21.9 Å². The zero-order valence-corrected chi connectivity index (χ0v) is 15.5. The number of rotatable bonds is 6. The Kier molecular flexibility index (Phi) is 5.68. The Morgan fingerprint density at radius 1 is 1.43 bits per heavy atom. The molecule has 0 unspecified atom stereocenters. The lowest BCUT2D eigenvalue weighted by atomic mass is 10.2. The first-order valence-electron chi connectivity index (χ1n) is 7.24. The van der Waals surface area contributed by atoms with Crippen LogP contribution < -0.4 is 0 Å². The van der Waals surface area contributed by atoms with Gasteiger partial charge in [-0.3, -0.25) is 0 Å². The van der Waals surface area contributed by atoms with Crippen molar-refractivity contribution in [3.8, 4) is 0 Å². The van der Waals surface area contributed by atoms with Gasteiger partial charge in [-0.15, -0.1) is 11.3 Å². The maximum Gasteiger partial charge on any atom is 0.252 e. The fourth-order valence-electron chi connectivity index (χ4n) is 2.41. The number of thiophene rings is 1. The summed E-state index contributed by atoms with van der Waals surface area (Å²) in [6.45, 7) is 5.42. The minimum Gasteiger partial charge on any atom is -0.392 e. The summed E-state index contributed by atoms with van der Waals surface area (Å²) in [5, 5.41) is 10.1. The number of aliphatic hydroxyl groups excluding tert-OH is 1. The maximum atomic E-state index is 13.7. The van der Waals surface area contributed by atoms with Crippen LogP contribution in [0.2, 0.25) is 5.02 Å². The van der Waals surface area contributed by atoms with Gasteiger partial charge in [-0.25, -0.2) is 12.8 Å². The topological polar surface area (TPSA) is 57.6 Å². The van der Waals surface area contributed by atoms with E-state index in [4.69, 9.17) is 11.6 Å². The van der Waals surface area contributed by atoms with Gasteiger partial charge in [0, 0.05) is 17.8 Å². The molecule has 0 amide bonds. The average molecular weight is 380 g/mol. The smallest absolute Gasteiger partial charge is 0.252 e. The van der Waals surface area contributed by atoms with Gasteiger partial charge in [0.25, 0.3) is 10.0 Å². The van der Waals surface area contributed by atoms with Gasteiger partial charge >= 0.3 is 0 Å². The molecule has 0 saturated carbocycles. The van der Waals surface area contributed by atoms with Gasteiger partial charge in [0.1, 0.15) is 10.0 Å². The third-order valence-electron chi connectivity index (χ3n) is 3.45. The zero-order valence-electron chi connectivity index (χ0n) is 13.1. The maximum absolute atomic E-state index is 13.7. The highest BCUT2D eigenvalue weighted by molar-refractivity contribution is 7.91.